The van der Waals surface area contributed by atoms with E-state index in [4.69, 9.17) is 0 Å². The van der Waals surface area contributed by atoms with Crippen LogP contribution in [0.2, 0.25) is 0 Å². The zero-order valence-corrected chi connectivity index (χ0v) is 10.7. The molecule has 1 aromatic carbocycles. The number of hydrogen-bond acceptors (Lipinski definition) is 4. The molecule has 20 heavy (non-hydrogen) atoms. The zero-order chi connectivity index (χ0) is 13.9. The van der Waals surface area contributed by atoms with E-state index in [0.717, 1.165) is 5.56 Å². The molecule has 0 aliphatic carbocycles. The molecule has 7 nitrogen and oxygen atoms in total. The van der Waals surface area contributed by atoms with Gasteiger partial charge in [-0.25, -0.2) is 4.98 Å². The summed E-state index contributed by atoms with van der Waals surface area (Å²) in [6.45, 7) is 0. The van der Waals surface area contributed by atoms with Gasteiger partial charge in [0.15, 0.2) is 5.82 Å². The Morgan fingerprint density at radius 1 is 1.35 bits per heavy atom. The van der Waals surface area contributed by atoms with Crippen molar-refractivity contribution < 1.29 is 4.79 Å². The molecule has 0 bridgehead atoms. The number of nitrogens with one attached hydrogen (secondary N) is 2. The van der Waals surface area contributed by atoms with Gasteiger partial charge in [-0.2, -0.15) is 10.2 Å². The average molecular weight is 268 g/mol. The van der Waals surface area contributed by atoms with Crippen molar-refractivity contribution in [1.29, 1.82) is 0 Å². The topological polar surface area (TPSA) is 88.5 Å². The molecule has 2 aromatic heterocycles. The molecule has 0 saturated carbocycles. The van der Waals surface area contributed by atoms with Crippen LogP contribution in [0, 0.1) is 0 Å². The van der Waals surface area contributed by atoms with Crippen LogP contribution in [-0.4, -0.2) is 30.9 Å². The number of benzene rings is 1. The molecule has 0 aliphatic rings. The van der Waals surface area contributed by atoms with Crippen molar-refractivity contribution in [2.45, 2.75) is 0 Å². The Balaban J connectivity index is 1.83. The minimum absolute atomic E-state index is 0.242. The first-order chi connectivity index (χ1) is 9.72. The molecule has 1 amide bonds. The smallest absolute Gasteiger partial charge is 0.273 e. The van der Waals surface area contributed by atoms with Gasteiger partial charge in [-0.1, -0.05) is 12.1 Å². The third-order valence-corrected chi connectivity index (χ3v) is 2.72. The predicted molar refractivity (Wildman–Crippen MR) is 73.0 cm³/mol. The summed E-state index contributed by atoms with van der Waals surface area (Å²) < 4.78 is 1.63. The van der Waals surface area contributed by atoms with Gasteiger partial charge in [-0.15, -0.1) is 0 Å². The summed E-state index contributed by atoms with van der Waals surface area (Å²) in [5.74, 6) is 0.374. The SMILES string of the molecule is Cn1cnc(-c2cccc(NC(=O)c3ccn[nH]3)c2)n1. The van der Waals surface area contributed by atoms with E-state index in [1.165, 1.54) is 6.20 Å². The first kappa shape index (κ1) is 12.1. The molecule has 7 heteroatoms. The van der Waals surface area contributed by atoms with Crippen LogP contribution in [0.15, 0.2) is 42.9 Å². The fourth-order valence-electron chi connectivity index (χ4n) is 1.79. The van der Waals surface area contributed by atoms with Crippen LogP contribution in [-0.2, 0) is 7.05 Å². The molecular weight excluding hydrogens is 256 g/mol. The van der Waals surface area contributed by atoms with Gasteiger partial charge < -0.3 is 5.32 Å². The van der Waals surface area contributed by atoms with Gasteiger partial charge in [-0.05, 0) is 18.2 Å². The lowest BCUT2D eigenvalue weighted by Crippen LogP contribution is -2.12. The van der Waals surface area contributed by atoms with E-state index in [2.05, 4.69) is 25.6 Å². The summed E-state index contributed by atoms with van der Waals surface area (Å²) in [5, 5.41) is 13.4. The Morgan fingerprint density at radius 3 is 2.95 bits per heavy atom. The summed E-state index contributed by atoms with van der Waals surface area (Å²) in [7, 11) is 1.81. The van der Waals surface area contributed by atoms with Crippen LogP contribution in [0.25, 0.3) is 11.4 Å². The molecule has 0 radical (unpaired) electrons. The number of aromatic nitrogens is 5. The highest BCUT2D eigenvalue weighted by atomic mass is 16.1. The second-order valence-corrected chi connectivity index (χ2v) is 4.25. The minimum Gasteiger partial charge on any atom is -0.321 e. The minimum atomic E-state index is -0.242. The second kappa shape index (κ2) is 4.96. The summed E-state index contributed by atoms with van der Waals surface area (Å²) in [5.41, 5.74) is 1.92. The van der Waals surface area contributed by atoms with Crippen LogP contribution in [0.3, 0.4) is 0 Å². The van der Waals surface area contributed by atoms with Gasteiger partial charge in [0.2, 0.25) is 0 Å². The van der Waals surface area contributed by atoms with E-state index in [-0.39, 0.29) is 5.91 Å². The van der Waals surface area contributed by atoms with Crippen molar-refractivity contribution in [2.24, 2.45) is 7.05 Å². The van der Waals surface area contributed by atoms with Crippen LogP contribution in [0.4, 0.5) is 5.69 Å². The van der Waals surface area contributed by atoms with Crippen molar-refractivity contribution in [3.8, 4) is 11.4 Å². The Labute approximate surface area is 114 Å². The maximum atomic E-state index is 11.9. The first-order valence-corrected chi connectivity index (χ1v) is 5.99. The highest BCUT2D eigenvalue weighted by molar-refractivity contribution is 6.03. The van der Waals surface area contributed by atoms with E-state index in [9.17, 15) is 4.79 Å². The molecule has 3 rings (SSSR count). The summed E-state index contributed by atoms with van der Waals surface area (Å²) in [6.07, 6.45) is 3.16. The van der Waals surface area contributed by atoms with Crippen LogP contribution < -0.4 is 5.32 Å². The summed E-state index contributed by atoms with van der Waals surface area (Å²) in [4.78, 5) is 16.1. The van der Waals surface area contributed by atoms with Crippen LogP contribution in [0.1, 0.15) is 10.5 Å². The molecule has 0 unspecified atom stereocenters. The quantitative estimate of drug-likeness (QED) is 0.752. The number of anilines is 1. The standard InChI is InChI=1S/C13H12N6O/c1-19-8-14-12(18-19)9-3-2-4-10(7-9)16-13(20)11-5-6-15-17-11/h2-8H,1H3,(H,15,17)(H,16,20). The van der Waals surface area contributed by atoms with E-state index < -0.39 is 0 Å². The molecular formula is C13H12N6O. The Bertz CT molecular complexity index is 731. The lowest BCUT2D eigenvalue weighted by atomic mass is 10.2. The van der Waals surface area contributed by atoms with E-state index in [1.807, 2.05) is 18.2 Å². The van der Waals surface area contributed by atoms with Gasteiger partial charge in [0, 0.05) is 24.5 Å². The zero-order valence-electron chi connectivity index (χ0n) is 10.7. The number of carbonyl (C=O) groups excluding carboxylic acids is 1. The number of aromatic amines is 1. The molecule has 0 saturated heterocycles. The molecule has 0 fully saturated rings. The number of H-pyrrole nitrogens is 1. The maximum absolute atomic E-state index is 11.9. The molecule has 0 spiro atoms. The molecule has 0 atom stereocenters. The number of hydrogen-bond donors (Lipinski definition) is 2. The van der Waals surface area contributed by atoms with Gasteiger partial charge in [0.1, 0.15) is 12.0 Å². The highest BCUT2D eigenvalue weighted by Gasteiger charge is 2.08. The van der Waals surface area contributed by atoms with Crippen molar-refractivity contribution in [1.82, 2.24) is 25.0 Å². The molecule has 3 aromatic rings. The molecule has 0 aliphatic heterocycles. The van der Waals surface area contributed by atoms with Gasteiger partial charge in [0.05, 0.1) is 0 Å². The Kier molecular flexibility index (Phi) is 3.00. The Hall–Kier alpha value is -2.96. The maximum Gasteiger partial charge on any atom is 0.273 e. The molecule has 2 heterocycles. The van der Waals surface area contributed by atoms with Crippen molar-refractivity contribution >= 4 is 11.6 Å². The molecule has 2 N–H and O–H groups in total. The van der Waals surface area contributed by atoms with Crippen molar-refractivity contribution in [3.63, 3.8) is 0 Å². The van der Waals surface area contributed by atoms with Gasteiger partial charge in [-0.3, -0.25) is 14.6 Å². The third-order valence-electron chi connectivity index (χ3n) is 2.72. The van der Waals surface area contributed by atoms with Gasteiger partial charge in [0.25, 0.3) is 5.91 Å². The molecule has 100 valence electrons. The highest BCUT2D eigenvalue weighted by Crippen LogP contribution is 2.19. The lowest BCUT2D eigenvalue weighted by molar-refractivity contribution is 0.102. The summed E-state index contributed by atoms with van der Waals surface area (Å²) >= 11 is 0. The van der Waals surface area contributed by atoms with Gasteiger partial charge >= 0.3 is 0 Å². The fraction of sp³-hybridized carbons (Fsp3) is 0.0769. The monoisotopic (exact) mass is 268 g/mol. The van der Waals surface area contributed by atoms with Crippen LogP contribution in [0.5, 0.6) is 0 Å². The van der Waals surface area contributed by atoms with Crippen LogP contribution >= 0.6 is 0 Å². The largest absolute Gasteiger partial charge is 0.321 e. The van der Waals surface area contributed by atoms with E-state index in [0.29, 0.717) is 17.2 Å². The van der Waals surface area contributed by atoms with E-state index >= 15 is 0 Å². The number of aryl methyl sites for hydroxylation is 1. The summed E-state index contributed by atoms with van der Waals surface area (Å²) in [6, 6.07) is 8.97. The number of carbonyl (C=O) groups is 1. The number of rotatable bonds is 3. The second-order valence-electron chi connectivity index (χ2n) is 4.25. The van der Waals surface area contributed by atoms with Crippen molar-refractivity contribution in [3.05, 3.63) is 48.5 Å². The average Bonchev–Trinajstić information content (AvgIpc) is 3.10. The Morgan fingerprint density at radius 2 is 2.25 bits per heavy atom. The predicted octanol–water partition coefficient (Wildman–Crippen LogP) is 1.46. The van der Waals surface area contributed by atoms with E-state index in [1.54, 1.807) is 30.2 Å². The number of amides is 1. The van der Waals surface area contributed by atoms with Crippen molar-refractivity contribution in [2.75, 3.05) is 5.32 Å². The third kappa shape index (κ3) is 2.41. The number of nitrogens with zero attached hydrogens (tertiary/aromatic N) is 4. The fourth-order valence-corrected chi connectivity index (χ4v) is 1.79. The first-order valence-electron chi connectivity index (χ1n) is 5.99. The lowest BCUT2D eigenvalue weighted by Gasteiger charge is -2.04. The normalized spacial score (nSPS) is 10.4.